The molecular formula is C16H23BrO3. The van der Waals surface area contributed by atoms with Crippen molar-refractivity contribution in [3.63, 3.8) is 0 Å². The van der Waals surface area contributed by atoms with Crippen molar-refractivity contribution in [3.8, 4) is 5.75 Å². The van der Waals surface area contributed by atoms with Gasteiger partial charge in [-0.05, 0) is 25.8 Å². The Balaban J connectivity index is 3.21. The smallest absolute Gasteiger partial charge is 0.306 e. The van der Waals surface area contributed by atoms with Crippen molar-refractivity contribution in [2.45, 2.75) is 38.5 Å². The van der Waals surface area contributed by atoms with Gasteiger partial charge in [-0.15, -0.1) is 0 Å². The Morgan fingerprint density at radius 2 is 2.05 bits per heavy atom. The van der Waals surface area contributed by atoms with E-state index >= 15 is 0 Å². The average Bonchev–Trinajstić information content (AvgIpc) is 2.45. The maximum absolute atomic E-state index is 11.8. The molecule has 0 aliphatic rings. The molecule has 0 aromatic heterocycles. The molecule has 1 rings (SSSR count). The number of rotatable bonds is 7. The van der Waals surface area contributed by atoms with Crippen LogP contribution in [0.2, 0.25) is 0 Å². The summed E-state index contributed by atoms with van der Waals surface area (Å²) in [6.07, 6.45) is 2.24. The van der Waals surface area contributed by atoms with E-state index in [1.54, 1.807) is 7.11 Å². The highest BCUT2D eigenvalue weighted by Crippen LogP contribution is 2.39. The molecule has 0 unspecified atom stereocenters. The number of carbonyl (C=O) groups is 1. The average molecular weight is 343 g/mol. The third-order valence-corrected chi connectivity index (χ3v) is 4.19. The van der Waals surface area contributed by atoms with E-state index in [1.807, 2.05) is 19.1 Å². The third-order valence-electron chi connectivity index (χ3n) is 3.63. The number of benzene rings is 1. The van der Waals surface area contributed by atoms with E-state index in [0.29, 0.717) is 6.42 Å². The minimum absolute atomic E-state index is 0.189. The van der Waals surface area contributed by atoms with Gasteiger partial charge in [-0.1, -0.05) is 40.5 Å². The lowest BCUT2D eigenvalue weighted by molar-refractivity contribution is -0.142. The predicted octanol–water partition coefficient (Wildman–Crippen LogP) is 4.00. The van der Waals surface area contributed by atoms with Gasteiger partial charge in [0.15, 0.2) is 0 Å². The Kier molecular flexibility index (Phi) is 6.53. The van der Waals surface area contributed by atoms with Crippen LogP contribution in [0.4, 0.5) is 0 Å². The molecule has 3 nitrogen and oxygen atoms in total. The third kappa shape index (κ3) is 4.23. The van der Waals surface area contributed by atoms with Crippen molar-refractivity contribution < 1.29 is 14.3 Å². The van der Waals surface area contributed by atoms with Crippen LogP contribution in [-0.2, 0) is 14.9 Å². The maximum atomic E-state index is 11.8. The number of aryl methyl sites for hydroxylation is 1. The summed E-state index contributed by atoms with van der Waals surface area (Å²) in [6, 6.07) is 6.09. The van der Waals surface area contributed by atoms with Crippen LogP contribution in [0.1, 0.15) is 37.3 Å². The Morgan fingerprint density at radius 3 is 2.60 bits per heavy atom. The SMILES string of the molecule is COC(=O)C[C@](C)(CCCBr)c1cc(C)ccc1OC. The molecule has 0 bridgehead atoms. The van der Waals surface area contributed by atoms with Crippen LogP contribution in [-0.4, -0.2) is 25.5 Å². The van der Waals surface area contributed by atoms with E-state index in [9.17, 15) is 4.79 Å². The summed E-state index contributed by atoms with van der Waals surface area (Å²) in [5.74, 6) is 0.641. The second-order valence-corrected chi connectivity index (χ2v) is 6.10. The zero-order valence-electron chi connectivity index (χ0n) is 12.7. The Labute approximate surface area is 129 Å². The van der Waals surface area contributed by atoms with Crippen LogP contribution >= 0.6 is 15.9 Å². The lowest BCUT2D eigenvalue weighted by atomic mass is 9.75. The zero-order valence-corrected chi connectivity index (χ0v) is 14.2. The summed E-state index contributed by atoms with van der Waals surface area (Å²) in [4.78, 5) is 11.8. The molecule has 1 aromatic carbocycles. The molecule has 0 aliphatic carbocycles. The molecule has 0 spiro atoms. The highest BCUT2D eigenvalue weighted by Gasteiger charge is 2.32. The maximum Gasteiger partial charge on any atom is 0.306 e. The van der Waals surface area contributed by atoms with Gasteiger partial charge in [0, 0.05) is 16.3 Å². The summed E-state index contributed by atoms with van der Waals surface area (Å²) >= 11 is 3.46. The molecule has 0 aliphatic heterocycles. The van der Waals surface area contributed by atoms with Crippen molar-refractivity contribution in [2.24, 2.45) is 0 Å². The van der Waals surface area contributed by atoms with Crippen molar-refractivity contribution in [3.05, 3.63) is 29.3 Å². The van der Waals surface area contributed by atoms with Crippen LogP contribution in [0.3, 0.4) is 0 Å². The fraction of sp³-hybridized carbons (Fsp3) is 0.562. The molecule has 0 heterocycles. The lowest BCUT2D eigenvalue weighted by Crippen LogP contribution is -2.27. The Bertz CT molecular complexity index is 459. The van der Waals surface area contributed by atoms with E-state index in [0.717, 1.165) is 35.0 Å². The molecule has 1 aromatic rings. The minimum atomic E-state index is -0.280. The van der Waals surface area contributed by atoms with Crippen molar-refractivity contribution in [2.75, 3.05) is 19.5 Å². The molecule has 0 saturated heterocycles. The first kappa shape index (κ1) is 17.0. The standard InChI is InChI=1S/C16H23BrO3/c1-12-6-7-14(19-3)13(10-12)16(2,8-5-9-17)11-15(18)20-4/h6-7,10H,5,8-9,11H2,1-4H3/t16-/m0/s1. The molecule has 20 heavy (non-hydrogen) atoms. The number of hydrogen-bond acceptors (Lipinski definition) is 3. The fourth-order valence-corrected chi connectivity index (χ4v) is 2.74. The number of carbonyl (C=O) groups excluding carboxylic acids is 1. The summed E-state index contributed by atoms with van der Waals surface area (Å²) in [5, 5.41) is 0.915. The van der Waals surface area contributed by atoms with Gasteiger partial charge in [-0.2, -0.15) is 0 Å². The van der Waals surface area contributed by atoms with E-state index < -0.39 is 0 Å². The number of esters is 1. The Hall–Kier alpha value is -1.03. The molecule has 0 fully saturated rings. The number of methoxy groups -OCH3 is 2. The van der Waals surface area contributed by atoms with Crippen molar-refractivity contribution in [1.82, 2.24) is 0 Å². The number of ether oxygens (including phenoxy) is 2. The molecule has 0 N–H and O–H groups in total. The monoisotopic (exact) mass is 342 g/mol. The number of halogens is 1. The van der Waals surface area contributed by atoms with Gasteiger partial charge in [0.1, 0.15) is 5.75 Å². The molecule has 112 valence electrons. The predicted molar refractivity (Wildman–Crippen MR) is 84.7 cm³/mol. The van der Waals surface area contributed by atoms with Gasteiger partial charge < -0.3 is 9.47 Å². The van der Waals surface area contributed by atoms with Crippen LogP contribution in [0.5, 0.6) is 5.75 Å². The van der Waals surface area contributed by atoms with Gasteiger partial charge >= 0.3 is 5.97 Å². The molecule has 0 saturated carbocycles. The van der Waals surface area contributed by atoms with E-state index in [1.165, 1.54) is 7.11 Å². The quantitative estimate of drug-likeness (QED) is 0.555. The fourth-order valence-electron chi connectivity index (χ4n) is 2.46. The van der Waals surface area contributed by atoms with Crippen LogP contribution in [0.25, 0.3) is 0 Å². The van der Waals surface area contributed by atoms with Crippen molar-refractivity contribution in [1.29, 1.82) is 0 Å². The highest BCUT2D eigenvalue weighted by molar-refractivity contribution is 9.09. The first-order valence-corrected chi connectivity index (χ1v) is 7.87. The van der Waals surface area contributed by atoms with Gasteiger partial charge in [-0.3, -0.25) is 4.79 Å². The number of hydrogen-bond donors (Lipinski definition) is 0. The first-order chi connectivity index (χ1) is 9.46. The van der Waals surface area contributed by atoms with E-state index in [4.69, 9.17) is 9.47 Å². The van der Waals surface area contributed by atoms with Crippen molar-refractivity contribution >= 4 is 21.9 Å². The number of alkyl halides is 1. The highest BCUT2D eigenvalue weighted by atomic mass is 79.9. The molecule has 4 heteroatoms. The van der Waals surface area contributed by atoms with Gasteiger partial charge in [0.05, 0.1) is 20.6 Å². The topological polar surface area (TPSA) is 35.5 Å². The van der Waals surface area contributed by atoms with E-state index in [2.05, 4.69) is 28.9 Å². The normalized spacial score (nSPS) is 13.7. The molecule has 0 amide bonds. The van der Waals surface area contributed by atoms with Crippen LogP contribution < -0.4 is 4.74 Å². The molecule has 1 atom stereocenters. The summed E-state index contributed by atoms with van der Waals surface area (Å²) < 4.78 is 10.3. The Morgan fingerprint density at radius 1 is 1.35 bits per heavy atom. The summed E-state index contributed by atoms with van der Waals surface area (Å²) in [7, 11) is 3.10. The van der Waals surface area contributed by atoms with Gasteiger partial charge in [0.2, 0.25) is 0 Å². The van der Waals surface area contributed by atoms with Crippen LogP contribution in [0, 0.1) is 6.92 Å². The zero-order chi connectivity index (χ0) is 15.2. The second-order valence-electron chi connectivity index (χ2n) is 5.31. The second kappa shape index (κ2) is 7.67. The summed E-state index contributed by atoms with van der Waals surface area (Å²) in [6.45, 7) is 4.15. The molecular weight excluding hydrogens is 320 g/mol. The van der Waals surface area contributed by atoms with Gasteiger partial charge in [-0.25, -0.2) is 0 Å². The minimum Gasteiger partial charge on any atom is -0.496 e. The molecule has 0 radical (unpaired) electrons. The summed E-state index contributed by atoms with van der Waals surface area (Å²) in [5.41, 5.74) is 1.96. The van der Waals surface area contributed by atoms with E-state index in [-0.39, 0.29) is 11.4 Å². The lowest BCUT2D eigenvalue weighted by Gasteiger charge is -2.31. The first-order valence-electron chi connectivity index (χ1n) is 6.74. The van der Waals surface area contributed by atoms with Crippen LogP contribution in [0.15, 0.2) is 18.2 Å². The largest absolute Gasteiger partial charge is 0.496 e. The van der Waals surface area contributed by atoms with Gasteiger partial charge in [0.25, 0.3) is 0 Å².